The summed E-state index contributed by atoms with van der Waals surface area (Å²) in [4.78, 5) is 12.1. The Bertz CT molecular complexity index is 683. The van der Waals surface area contributed by atoms with Crippen LogP contribution in [0.1, 0.15) is 18.9 Å². The van der Waals surface area contributed by atoms with Crippen LogP contribution < -0.4 is 5.32 Å². The number of hydrogen-bond donors (Lipinski definition) is 1. The van der Waals surface area contributed by atoms with Crippen LogP contribution in [0.15, 0.2) is 42.5 Å². The highest BCUT2D eigenvalue weighted by molar-refractivity contribution is 6.53. The van der Waals surface area contributed by atoms with Crippen molar-refractivity contribution >= 4 is 39.9 Å². The summed E-state index contributed by atoms with van der Waals surface area (Å²) < 4.78 is -0.916. The van der Waals surface area contributed by atoms with Crippen LogP contribution in [0.25, 0.3) is 10.8 Å². The van der Waals surface area contributed by atoms with Gasteiger partial charge < -0.3 is 5.32 Å². The highest BCUT2D eigenvalue weighted by Gasteiger charge is 2.67. The normalized spacial score (nSPS) is 23.6. The molecule has 2 aromatic rings. The van der Waals surface area contributed by atoms with Crippen LogP contribution >= 0.6 is 23.2 Å². The summed E-state index contributed by atoms with van der Waals surface area (Å²) in [6.45, 7) is 2.28. The summed E-state index contributed by atoms with van der Waals surface area (Å²) in [5, 5.41) is 5.27. The van der Waals surface area contributed by atoms with Gasteiger partial charge in [-0.3, -0.25) is 4.79 Å². The zero-order chi connectivity index (χ0) is 14.4. The minimum Gasteiger partial charge on any atom is -0.351 e. The Morgan fingerprint density at radius 2 is 1.85 bits per heavy atom. The first-order valence-electron chi connectivity index (χ1n) is 6.56. The number of carbonyl (C=O) groups is 1. The van der Waals surface area contributed by atoms with Crippen molar-refractivity contribution in [1.82, 2.24) is 5.32 Å². The van der Waals surface area contributed by atoms with Gasteiger partial charge in [-0.15, -0.1) is 23.2 Å². The van der Waals surface area contributed by atoms with Gasteiger partial charge in [-0.25, -0.2) is 0 Å². The van der Waals surface area contributed by atoms with Crippen LogP contribution in [0.5, 0.6) is 0 Å². The molecule has 1 saturated carbocycles. The number of halogens is 2. The molecule has 1 unspecified atom stereocenters. The van der Waals surface area contributed by atoms with E-state index in [-0.39, 0.29) is 5.91 Å². The molecule has 2 aromatic carbocycles. The van der Waals surface area contributed by atoms with Gasteiger partial charge >= 0.3 is 0 Å². The Morgan fingerprint density at radius 3 is 2.50 bits per heavy atom. The lowest BCUT2D eigenvalue weighted by Crippen LogP contribution is -2.32. The predicted molar refractivity (Wildman–Crippen MR) is 83.0 cm³/mol. The van der Waals surface area contributed by atoms with Gasteiger partial charge in [-0.05, 0) is 35.7 Å². The molecule has 104 valence electrons. The molecule has 1 aliphatic rings. The molecular formula is C16H15Cl2NO. The summed E-state index contributed by atoms with van der Waals surface area (Å²) in [5.41, 5.74) is 0.406. The summed E-state index contributed by atoms with van der Waals surface area (Å²) >= 11 is 12.0. The average molecular weight is 308 g/mol. The van der Waals surface area contributed by atoms with E-state index in [1.807, 2.05) is 18.2 Å². The van der Waals surface area contributed by atoms with Crippen molar-refractivity contribution in [2.45, 2.75) is 24.2 Å². The highest BCUT2D eigenvalue weighted by atomic mass is 35.5. The molecule has 0 saturated heterocycles. The molecule has 1 N–H and O–H groups in total. The number of hydrogen-bond acceptors (Lipinski definition) is 1. The number of benzene rings is 2. The van der Waals surface area contributed by atoms with Crippen LogP contribution in [0.4, 0.5) is 0 Å². The molecule has 1 atom stereocenters. The third-order valence-electron chi connectivity index (χ3n) is 4.03. The molecule has 3 rings (SSSR count). The lowest BCUT2D eigenvalue weighted by molar-refractivity contribution is -0.125. The van der Waals surface area contributed by atoms with Crippen LogP contribution in [-0.4, -0.2) is 10.2 Å². The van der Waals surface area contributed by atoms with Crippen LogP contribution in [0, 0.1) is 5.41 Å². The van der Waals surface area contributed by atoms with Crippen LogP contribution in [0.3, 0.4) is 0 Å². The third-order valence-corrected chi connectivity index (χ3v) is 5.13. The maximum atomic E-state index is 12.1. The van der Waals surface area contributed by atoms with Crippen LogP contribution in [0.2, 0.25) is 0 Å². The van der Waals surface area contributed by atoms with E-state index in [9.17, 15) is 4.79 Å². The minimum absolute atomic E-state index is 0.0874. The SMILES string of the molecule is CC1(C(=O)NCc2ccc3ccccc3c2)CC1(Cl)Cl. The number of fused-ring (bicyclic) bond motifs is 1. The van der Waals surface area contributed by atoms with Crippen molar-refractivity contribution in [2.24, 2.45) is 5.41 Å². The van der Waals surface area contributed by atoms with E-state index >= 15 is 0 Å². The highest BCUT2D eigenvalue weighted by Crippen LogP contribution is 2.63. The van der Waals surface area contributed by atoms with E-state index < -0.39 is 9.75 Å². The van der Waals surface area contributed by atoms with E-state index in [0.29, 0.717) is 13.0 Å². The number of alkyl halides is 2. The first-order chi connectivity index (χ1) is 9.42. The first-order valence-corrected chi connectivity index (χ1v) is 7.32. The fourth-order valence-corrected chi connectivity index (χ4v) is 3.08. The summed E-state index contributed by atoms with van der Waals surface area (Å²) in [5.74, 6) is -0.0874. The molecule has 0 aromatic heterocycles. The summed E-state index contributed by atoms with van der Waals surface area (Å²) in [6, 6.07) is 14.3. The second-order valence-electron chi connectivity index (χ2n) is 5.58. The molecule has 1 amide bonds. The van der Waals surface area contributed by atoms with Gasteiger partial charge in [0.15, 0.2) is 0 Å². The lowest BCUT2D eigenvalue weighted by Gasteiger charge is -2.13. The smallest absolute Gasteiger partial charge is 0.229 e. The fourth-order valence-electron chi connectivity index (χ4n) is 2.37. The average Bonchev–Trinajstić information content (AvgIpc) is 2.96. The van der Waals surface area contributed by atoms with Crippen molar-refractivity contribution in [3.05, 3.63) is 48.0 Å². The predicted octanol–water partition coefficient (Wildman–Crippen LogP) is 4.04. The van der Waals surface area contributed by atoms with Gasteiger partial charge in [0.1, 0.15) is 4.33 Å². The Hall–Kier alpha value is -1.25. The van der Waals surface area contributed by atoms with Crippen molar-refractivity contribution in [1.29, 1.82) is 0 Å². The second-order valence-corrected chi connectivity index (χ2v) is 7.06. The van der Waals surface area contributed by atoms with E-state index in [0.717, 1.165) is 5.56 Å². The van der Waals surface area contributed by atoms with E-state index in [4.69, 9.17) is 23.2 Å². The quantitative estimate of drug-likeness (QED) is 0.852. The molecule has 0 radical (unpaired) electrons. The molecule has 0 heterocycles. The first kappa shape index (κ1) is 13.7. The summed E-state index contributed by atoms with van der Waals surface area (Å²) in [7, 11) is 0. The Labute approximate surface area is 128 Å². The Kier molecular flexibility index (Phi) is 3.19. The fraction of sp³-hybridized carbons (Fsp3) is 0.312. The van der Waals surface area contributed by atoms with Gasteiger partial charge in [0.05, 0.1) is 5.41 Å². The molecule has 0 aliphatic heterocycles. The maximum absolute atomic E-state index is 12.1. The maximum Gasteiger partial charge on any atom is 0.229 e. The van der Waals surface area contributed by atoms with Crippen molar-refractivity contribution in [3.63, 3.8) is 0 Å². The van der Waals surface area contributed by atoms with Crippen molar-refractivity contribution < 1.29 is 4.79 Å². The van der Waals surface area contributed by atoms with Gasteiger partial charge in [0, 0.05) is 6.54 Å². The zero-order valence-electron chi connectivity index (χ0n) is 11.1. The molecule has 1 aliphatic carbocycles. The summed E-state index contributed by atoms with van der Waals surface area (Å²) in [6.07, 6.45) is 0.507. The zero-order valence-corrected chi connectivity index (χ0v) is 12.6. The Morgan fingerprint density at radius 1 is 1.20 bits per heavy atom. The molecule has 1 fully saturated rings. The van der Waals surface area contributed by atoms with Gasteiger partial charge in [-0.1, -0.05) is 36.4 Å². The van der Waals surface area contributed by atoms with Gasteiger partial charge in [-0.2, -0.15) is 0 Å². The second kappa shape index (κ2) is 4.64. The monoisotopic (exact) mass is 307 g/mol. The molecule has 4 heteroatoms. The Balaban J connectivity index is 1.70. The lowest BCUT2D eigenvalue weighted by atomic mass is 10.1. The topological polar surface area (TPSA) is 29.1 Å². The molecule has 20 heavy (non-hydrogen) atoms. The van der Waals surface area contributed by atoms with Gasteiger partial charge in [0.2, 0.25) is 5.91 Å². The molecule has 0 spiro atoms. The minimum atomic E-state index is -0.916. The van der Waals surface area contributed by atoms with Crippen molar-refractivity contribution in [3.8, 4) is 0 Å². The number of amides is 1. The van der Waals surface area contributed by atoms with E-state index in [1.54, 1.807) is 6.92 Å². The van der Waals surface area contributed by atoms with Crippen molar-refractivity contribution in [2.75, 3.05) is 0 Å². The van der Waals surface area contributed by atoms with E-state index in [2.05, 4.69) is 29.6 Å². The number of nitrogens with one attached hydrogen (secondary N) is 1. The number of carbonyl (C=O) groups excluding carboxylic acids is 1. The van der Waals surface area contributed by atoms with E-state index in [1.165, 1.54) is 10.8 Å². The standard InChI is InChI=1S/C16H15Cl2NO/c1-15(10-16(15,17)18)14(20)19-9-11-6-7-12-4-2-3-5-13(12)8-11/h2-8H,9-10H2,1H3,(H,19,20). The molecular weight excluding hydrogens is 293 g/mol. The molecule has 0 bridgehead atoms. The largest absolute Gasteiger partial charge is 0.351 e. The molecule has 2 nitrogen and oxygen atoms in total. The van der Waals surface area contributed by atoms with Gasteiger partial charge in [0.25, 0.3) is 0 Å². The third kappa shape index (κ3) is 2.27. The van der Waals surface area contributed by atoms with Crippen LogP contribution in [-0.2, 0) is 11.3 Å². The number of rotatable bonds is 3.